The Kier molecular flexibility index (Phi) is 880. The SMILES string of the molecule is C.C.C.C.C.C.C.C.C.C.C.C1=CCNC1.C1=CNCC1.C1=NCCN1.C1=NNCC1.C1CNCN1.CC.CC.CC.CC.CC.CC.CC.CC.CC.CC.CC.CC.CC.CC.CC.CC.CC.CC.CC.CC.CC.CC.CC.CC.c1c[nH]cn1.c1cc[nH]c1.c1ccncc1.c1ccnnc1.c1cn[nH]c1.c1cnccn1.c1cncnc1. The number of hydrazone groups is 1. The summed E-state index contributed by atoms with van der Waals surface area (Å²) in [5.74, 6) is 0. The average molecular weight is 1770 g/mol. The van der Waals surface area contributed by atoms with Crippen LogP contribution in [0.2, 0.25) is 0 Å². The van der Waals surface area contributed by atoms with E-state index < -0.39 is 0 Å². The van der Waals surface area contributed by atoms with E-state index in [0.717, 1.165) is 65.4 Å². The van der Waals surface area contributed by atoms with Crippen molar-refractivity contribution in [3.05, 3.63) is 191 Å². The van der Waals surface area contributed by atoms with Crippen LogP contribution in [0.25, 0.3) is 0 Å². The van der Waals surface area contributed by atoms with E-state index in [1.807, 2.05) is 406 Å². The average Bonchev–Trinajstić information content (AvgIpc) is 2.05. The number of aliphatic imine (C=N–C) groups is 1. The van der Waals surface area contributed by atoms with Gasteiger partial charge in [0, 0.05) is 164 Å². The summed E-state index contributed by atoms with van der Waals surface area (Å²) in [6, 6.07) is 16.9. The van der Waals surface area contributed by atoms with E-state index in [4.69, 9.17) is 0 Å². The summed E-state index contributed by atoms with van der Waals surface area (Å²) in [6.45, 7) is 106. The summed E-state index contributed by atoms with van der Waals surface area (Å²) in [7, 11) is 0. The minimum atomic E-state index is 0. The van der Waals surface area contributed by atoms with E-state index in [0.29, 0.717) is 0 Å². The zero-order valence-corrected chi connectivity index (χ0v) is 84.3. The zero-order valence-electron chi connectivity index (χ0n) is 84.3. The first-order valence-electron chi connectivity index (χ1n) is 44.5. The first-order valence-corrected chi connectivity index (χ1v) is 44.5. The third-order valence-corrected chi connectivity index (χ3v) is 6.56. The van der Waals surface area contributed by atoms with Crippen molar-refractivity contribution in [3.8, 4) is 0 Å². The van der Waals surface area contributed by atoms with Gasteiger partial charge in [0.2, 0.25) is 0 Å². The van der Waals surface area contributed by atoms with Gasteiger partial charge in [0.15, 0.2) is 0 Å². The van der Waals surface area contributed by atoms with Crippen molar-refractivity contribution in [2.75, 3.05) is 59.0 Å². The monoisotopic (exact) mass is 1770 g/mol. The van der Waals surface area contributed by atoms with Crippen LogP contribution in [0.15, 0.2) is 201 Å². The van der Waals surface area contributed by atoms with E-state index in [2.05, 4.69) is 121 Å². The smallest absolute Gasteiger partial charge is 0.115 e. The van der Waals surface area contributed by atoms with Crippen LogP contribution in [0, 0.1) is 0 Å². The molecule has 0 radical (unpaired) electrons. The maximum Gasteiger partial charge on any atom is 0.115 e. The van der Waals surface area contributed by atoms with Crippen molar-refractivity contribution in [1.82, 2.24) is 92.3 Å². The fourth-order valence-electron chi connectivity index (χ4n) is 3.70. The topological polar surface area (TPSA) is 260 Å². The molecule has 12 heterocycles. The molecule has 0 spiro atoms. The van der Waals surface area contributed by atoms with E-state index in [9.17, 15) is 0 Å². The molecule has 20 heteroatoms. The summed E-state index contributed by atoms with van der Waals surface area (Å²) in [5.41, 5.74) is 2.79. The number of aromatic amines is 3. The Morgan fingerprint density at radius 3 is 0.707 bits per heavy atom. The van der Waals surface area contributed by atoms with Crippen molar-refractivity contribution >= 4 is 12.6 Å². The van der Waals surface area contributed by atoms with E-state index in [-0.39, 0.29) is 81.7 Å². The molecule has 1 fully saturated rings. The molecule has 7 aromatic heterocycles. The second-order valence-electron chi connectivity index (χ2n) is 11.6. The van der Waals surface area contributed by atoms with E-state index >= 15 is 0 Å². The number of pyridine rings is 1. The number of aromatic nitrogens is 12. The van der Waals surface area contributed by atoms with Gasteiger partial charge in [0.1, 0.15) is 6.33 Å². The van der Waals surface area contributed by atoms with Crippen LogP contribution in [-0.4, -0.2) is 132 Å². The third kappa shape index (κ3) is 455. The van der Waals surface area contributed by atoms with Crippen LogP contribution in [0.3, 0.4) is 0 Å². The van der Waals surface area contributed by atoms with Crippen LogP contribution in [0.1, 0.15) is 427 Å². The molecule has 12 rings (SSSR count). The first-order chi connectivity index (χ1) is 56.0. The highest BCUT2D eigenvalue weighted by molar-refractivity contribution is 5.58. The van der Waals surface area contributed by atoms with Crippen molar-refractivity contribution in [2.45, 2.75) is 427 Å². The van der Waals surface area contributed by atoms with Gasteiger partial charge in [-0.1, -0.05) is 438 Å². The van der Waals surface area contributed by atoms with Gasteiger partial charge in [-0.2, -0.15) is 20.4 Å². The molecule has 9 N–H and O–H groups in total. The summed E-state index contributed by atoms with van der Waals surface area (Å²) in [6.07, 6.45) is 44.8. The molecular formula is C103H252N20. The number of H-pyrrole nitrogens is 3. The van der Waals surface area contributed by atoms with Crippen molar-refractivity contribution in [3.63, 3.8) is 0 Å². The number of hydrogen-bond donors (Lipinski definition) is 9. The van der Waals surface area contributed by atoms with Crippen molar-refractivity contribution in [1.29, 1.82) is 0 Å². The second kappa shape index (κ2) is 463. The van der Waals surface area contributed by atoms with Gasteiger partial charge >= 0.3 is 0 Å². The van der Waals surface area contributed by atoms with Crippen LogP contribution in [-0.2, 0) is 0 Å². The molecule has 764 valence electrons. The van der Waals surface area contributed by atoms with E-state index in [1.54, 1.807) is 105 Å². The van der Waals surface area contributed by atoms with Crippen molar-refractivity contribution < 1.29 is 0 Å². The van der Waals surface area contributed by atoms with Gasteiger partial charge in [0.05, 0.1) is 19.2 Å². The zero-order chi connectivity index (χ0) is 93.3. The predicted octanol–water partition coefficient (Wildman–Crippen LogP) is 35.3. The van der Waals surface area contributed by atoms with E-state index in [1.165, 1.54) is 12.7 Å². The van der Waals surface area contributed by atoms with Gasteiger partial charge < -0.3 is 42.0 Å². The van der Waals surface area contributed by atoms with Gasteiger partial charge in [-0.25, -0.2) is 15.0 Å². The fourth-order valence-corrected chi connectivity index (χ4v) is 3.70. The lowest BCUT2D eigenvalue weighted by Gasteiger charge is -1.78. The maximum absolute atomic E-state index is 3.85. The van der Waals surface area contributed by atoms with Gasteiger partial charge in [0.25, 0.3) is 0 Å². The molecule has 20 nitrogen and oxygen atoms in total. The number of imidazole rings is 1. The molecule has 0 aliphatic carbocycles. The van der Waals surface area contributed by atoms with Gasteiger partial charge in [-0.15, -0.1) is 0 Å². The lowest BCUT2D eigenvalue weighted by Crippen LogP contribution is -2.11. The highest BCUT2D eigenvalue weighted by atomic mass is 15.3. The molecule has 5 aliphatic rings. The number of nitrogens with zero attached hydrogens (tertiary/aromatic N) is 11. The Morgan fingerprint density at radius 2 is 0.610 bits per heavy atom. The molecule has 1 saturated heterocycles. The molecule has 0 bridgehead atoms. The minimum Gasteiger partial charge on any atom is -0.391 e. The Hall–Kier alpha value is -7.81. The maximum atomic E-state index is 3.85. The summed E-state index contributed by atoms with van der Waals surface area (Å²) < 4.78 is 0. The molecule has 0 aromatic carbocycles. The predicted molar refractivity (Wildman–Crippen MR) is 602 cm³/mol. The van der Waals surface area contributed by atoms with Crippen LogP contribution in [0.5, 0.6) is 0 Å². The van der Waals surface area contributed by atoms with Crippen LogP contribution in [0.4, 0.5) is 0 Å². The molecule has 0 unspecified atom stereocenters. The van der Waals surface area contributed by atoms with Gasteiger partial charge in [-0.05, 0) is 61.2 Å². The quantitative estimate of drug-likeness (QED) is 0.0640. The third-order valence-electron chi connectivity index (χ3n) is 6.56. The Labute approximate surface area is 787 Å². The summed E-state index contributed by atoms with van der Waals surface area (Å²) in [5, 5.41) is 32.3. The second-order valence-corrected chi connectivity index (χ2v) is 11.6. The van der Waals surface area contributed by atoms with Gasteiger partial charge in [-0.3, -0.25) is 25.0 Å². The molecular weight excluding hydrogens is 1520 g/mol. The summed E-state index contributed by atoms with van der Waals surface area (Å²) >= 11 is 0. The largest absolute Gasteiger partial charge is 0.391 e. The highest BCUT2D eigenvalue weighted by Gasteiger charge is 1.90. The van der Waals surface area contributed by atoms with Crippen molar-refractivity contribution in [2.24, 2.45) is 10.1 Å². The summed E-state index contributed by atoms with van der Waals surface area (Å²) in [4.78, 5) is 31.7. The number of rotatable bonds is 0. The molecule has 5 aliphatic heterocycles. The molecule has 123 heavy (non-hydrogen) atoms. The van der Waals surface area contributed by atoms with Crippen LogP contribution < -0.4 is 32.0 Å². The lowest BCUT2D eigenvalue weighted by atomic mass is 10.5. The Morgan fingerprint density at radius 1 is 0.252 bits per heavy atom. The number of hydrogen-bond acceptors (Lipinski definition) is 17. The molecule has 0 saturated carbocycles. The standard InChI is InChI=1S/C5H5N.3C4H4N2.2C4H7N.C4H5N.C3H8N2.C3H6N2.C3H4N2.C3H6N2.C3H4N2.24C2H6.11CH4/c1-2-4-6-5-3-1;1-2-6-4-3-5-1;1-2-5-4-6-3-1;1-2-4-6-5-3-1;3*1-2-4-5-3-1;3*1-2-5-3-4-1;2*1-2-4-5-3-1;24*1-2;;;;;;;;;;;/h1-5H;3*1-4H;1,3,5H,2,4H2;1-2,5H,3-4H2;1-5H;4-5H,1-3H2;3H,1-2H2,(H,4,5);1-3H,(H,4,5);2,5H,1,3H2;1-3H,(H,4,5);24*1-2H3;11*1H4. The number of nitrogens with one attached hydrogen (secondary N) is 9. The highest BCUT2D eigenvalue weighted by Crippen LogP contribution is 1.84. The Bertz CT molecular complexity index is 1420. The molecule has 0 amide bonds. The molecule has 0 atom stereocenters. The molecule has 7 aromatic rings. The fraction of sp³-hybridized carbons (Fsp3) is 0.680. The lowest BCUT2D eigenvalue weighted by molar-refractivity contribution is 0.807. The first kappa shape index (κ1) is 234. The normalized spacial score (nSPS) is 7.87. The Balaban J connectivity index is -0.0000000198. The van der Waals surface area contributed by atoms with Crippen LogP contribution >= 0.6 is 0 Å². The minimum absolute atomic E-state index is 0.